The van der Waals surface area contributed by atoms with E-state index in [-0.39, 0.29) is 12.0 Å². The largest absolute Gasteiger partial charge is 0.378 e. The zero-order chi connectivity index (χ0) is 19.9. The lowest BCUT2D eigenvalue weighted by Gasteiger charge is -2.08. The molecule has 6 nitrogen and oxygen atoms in total. The summed E-state index contributed by atoms with van der Waals surface area (Å²) >= 11 is 0. The molecule has 2 aromatic heterocycles. The summed E-state index contributed by atoms with van der Waals surface area (Å²) in [5, 5.41) is 7.65. The fraction of sp³-hybridized carbons (Fsp3) is 0.261. The van der Waals surface area contributed by atoms with Gasteiger partial charge < -0.3 is 10.1 Å². The molecule has 1 atom stereocenters. The Balaban J connectivity index is 1.49. The highest BCUT2D eigenvalue weighted by molar-refractivity contribution is 5.92. The van der Waals surface area contributed by atoms with Gasteiger partial charge in [-0.25, -0.2) is 4.68 Å². The molecule has 1 saturated heterocycles. The van der Waals surface area contributed by atoms with Gasteiger partial charge in [-0.05, 0) is 49.6 Å². The van der Waals surface area contributed by atoms with Crippen LogP contribution in [-0.4, -0.2) is 39.9 Å². The summed E-state index contributed by atoms with van der Waals surface area (Å²) in [5.41, 5.74) is 3.50. The van der Waals surface area contributed by atoms with Crippen molar-refractivity contribution in [2.75, 3.05) is 13.2 Å². The normalized spacial score (nSPS) is 16.3. The Hall–Kier alpha value is -3.25. The second-order valence-electron chi connectivity index (χ2n) is 7.00. The van der Waals surface area contributed by atoms with Crippen LogP contribution < -0.4 is 5.32 Å². The molecule has 1 amide bonds. The number of aromatic nitrogens is 3. The van der Waals surface area contributed by atoms with Gasteiger partial charge in [0, 0.05) is 48.9 Å². The van der Waals surface area contributed by atoms with Crippen LogP contribution in [0.2, 0.25) is 0 Å². The second-order valence-corrected chi connectivity index (χ2v) is 7.00. The van der Waals surface area contributed by atoms with Crippen LogP contribution in [0.15, 0.2) is 67.1 Å². The van der Waals surface area contributed by atoms with E-state index in [1.807, 2.05) is 53.3 Å². The van der Waals surface area contributed by atoms with Crippen LogP contribution in [0.4, 0.5) is 0 Å². The van der Waals surface area contributed by atoms with Crippen molar-refractivity contribution < 1.29 is 9.53 Å². The van der Waals surface area contributed by atoms with Gasteiger partial charge in [0.05, 0.1) is 11.8 Å². The SMILES string of the molecule is O=C(/C=C/c1cn(-c2ccccc2)nc1-c1cccnc1)NCCC1CCCO1. The molecule has 0 spiro atoms. The number of hydrogen-bond acceptors (Lipinski definition) is 4. The number of para-hydroxylation sites is 1. The summed E-state index contributed by atoms with van der Waals surface area (Å²) in [4.78, 5) is 16.4. The molecule has 0 saturated carbocycles. The van der Waals surface area contributed by atoms with Crippen molar-refractivity contribution in [2.24, 2.45) is 0 Å². The Morgan fingerprint density at radius 1 is 1.24 bits per heavy atom. The first-order valence-corrected chi connectivity index (χ1v) is 9.92. The number of pyridine rings is 1. The zero-order valence-electron chi connectivity index (χ0n) is 16.2. The molecular formula is C23H24N4O2. The summed E-state index contributed by atoms with van der Waals surface area (Å²) < 4.78 is 7.40. The molecule has 6 heteroatoms. The van der Waals surface area contributed by atoms with E-state index >= 15 is 0 Å². The van der Waals surface area contributed by atoms with E-state index in [0.717, 1.165) is 48.4 Å². The van der Waals surface area contributed by atoms with E-state index in [1.165, 1.54) is 0 Å². The van der Waals surface area contributed by atoms with Crippen LogP contribution in [0, 0.1) is 0 Å². The highest BCUT2D eigenvalue weighted by atomic mass is 16.5. The molecule has 1 aliphatic rings. The van der Waals surface area contributed by atoms with Crippen molar-refractivity contribution in [1.82, 2.24) is 20.1 Å². The molecule has 0 aliphatic carbocycles. The molecule has 1 fully saturated rings. The minimum Gasteiger partial charge on any atom is -0.378 e. The molecular weight excluding hydrogens is 364 g/mol. The van der Waals surface area contributed by atoms with Crippen molar-refractivity contribution in [3.05, 3.63) is 72.7 Å². The Kier molecular flexibility index (Phi) is 6.12. The van der Waals surface area contributed by atoms with Gasteiger partial charge >= 0.3 is 0 Å². The van der Waals surface area contributed by atoms with E-state index in [0.29, 0.717) is 6.54 Å². The molecule has 0 radical (unpaired) electrons. The fourth-order valence-electron chi connectivity index (χ4n) is 3.40. The molecule has 1 aromatic carbocycles. The molecule has 1 N–H and O–H groups in total. The molecule has 3 heterocycles. The Morgan fingerprint density at radius 2 is 2.14 bits per heavy atom. The van der Waals surface area contributed by atoms with Gasteiger partial charge in [0.15, 0.2) is 0 Å². The molecule has 29 heavy (non-hydrogen) atoms. The number of rotatable bonds is 7. The van der Waals surface area contributed by atoms with Gasteiger partial charge in [-0.2, -0.15) is 5.10 Å². The molecule has 0 bridgehead atoms. The van der Waals surface area contributed by atoms with Crippen LogP contribution in [0.3, 0.4) is 0 Å². The number of carbonyl (C=O) groups is 1. The average Bonchev–Trinajstić information content (AvgIpc) is 3.44. The van der Waals surface area contributed by atoms with Gasteiger partial charge in [-0.15, -0.1) is 0 Å². The predicted molar refractivity (Wildman–Crippen MR) is 112 cm³/mol. The highest BCUT2D eigenvalue weighted by Gasteiger charge is 2.15. The number of ether oxygens (including phenoxy) is 1. The fourth-order valence-corrected chi connectivity index (χ4v) is 3.40. The van der Waals surface area contributed by atoms with Crippen LogP contribution in [0.1, 0.15) is 24.8 Å². The molecule has 4 rings (SSSR count). The van der Waals surface area contributed by atoms with Crippen LogP contribution in [-0.2, 0) is 9.53 Å². The predicted octanol–water partition coefficient (Wildman–Crippen LogP) is 3.63. The number of hydrogen-bond donors (Lipinski definition) is 1. The number of nitrogens with one attached hydrogen (secondary N) is 1. The topological polar surface area (TPSA) is 69.0 Å². The van der Waals surface area contributed by atoms with E-state index in [2.05, 4.69) is 10.3 Å². The van der Waals surface area contributed by atoms with E-state index in [1.54, 1.807) is 24.5 Å². The lowest BCUT2D eigenvalue weighted by molar-refractivity contribution is -0.116. The highest BCUT2D eigenvalue weighted by Crippen LogP contribution is 2.24. The molecule has 148 valence electrons. The maximum absolute atomic E-state index is 12.2. The quantitative estimate of drug-likeness (QED) is 0.628. The van der Waals surface area contributed by atoms with E-state index in [4.69, 9.17) is 9.84 Å². The minimum absolute atomic E-state index is 0.118. The summed E-state index contributed by atoms with van der Waals surface area (Å²) in [7, 11) is 0. The first kappa shape index (κ1) is 19.1. The lowest BCUT2D eigenvalue weighted by Crippen LogP contribution is -2.25. The van der Waals surface area contributed by atoms with Crippen molar-refractivity contribution in [3.8, 4) is 16.9 Å². The Labute approximate surface area is 170 Å². The average molecular weight is 388 g/mol. The lowest BCUT2D eigenvalue weighted by atomic mass is 10.1. The number of carbonyl (C=O) groups excluding carboxylic acids is 1. The third-order valence-electron chi connectivity index (χ3n) is 4.90. The van der Waals surface area contributed by atoms with Gasteiger partial charge in [0.1, 0.15) is 5.69 Å². The zero-order valence-corrected chi connectivity index (χ0v) is 16.2. The molecule has 1 unspecified atom stereocenters. The van der Waals surface area contributed by atoms with E-state index in [9.17, 15) is 4.79 Å². The summed E-state index contributed by atoms with van der Waals surface area (Å²) in [5.74, 6) is -0.118. The molecule has 1 aliphatic heterocycles. The van der Waals surface area contributed by atoms with E-state index < -0.39 is 0 Å². The van der Waals surface area contributed by atoms with Gasteiger partial charge in [0.25, 0.3) is 0 Å². The minimum atomic E-state index is -0.118. The summed E-state index contributed by atoms with van der Waals surface area (Å²) in [6.45, 7) is 1.45. The number of benzene rings is 1. The Bertz CT molecular complexity index is 961. The van der Waals surface area contributed by atoms with Gasteiger partial charge in [-0.3, -0.25) is 9.78 Å². The second kappa shape index (κ2) is 9.30. The third kappa shape index (κ3) is 4.97. The Morgan fingerprint density at radius 3 is 2.90 bits per heavy atom. The first-order valence-electron chi connectivity index (χ1n) is 9.92. The number of amides is 1. The van der Waals surface area contributed by atoms with Crippen molar-refractivity contribution in [1.29, 1.82) is 0 Å². The van der Waals surface area contributed by atoms with Crippen LogP contribution >= 0.6 is 0 Å². The maximum Gasteiger partial charge on any atom is 0.244 e. The van der Waals surface area contributed by atoms with Gasteiger partial charge in [0.2, 0.25) is 5.91 Å². The van der Waals surface area contributed by atoms with Crippen molar-refractivity contribution in [3.63, 3.8) is 0 Å². The monoisotopic (exact) mass is 388 g/mol. The number of nitrogens with zero attached hydrogens (tertiary/aromatic N) is 3. The van der Waals surface area contributed by atoms with Gasteiger partial charge in [-0.1, -0.05) is 18.2 Å². The summed E-state index contributed by atoms with van der Waals surface area (Å²) in [6, 6.07) is 13.7. The maximum atomic E-state index is 12.2. The first-order chi connectivity index (χ1) is 14.3. The van der Waals surface area contributed by atoms with Crippen molar-refractivity contribution in [2.45, 2.75) is 25.4 Å². The third-order valence-corrected chi connectivity index (χ3v) is 4.90. The standard InChI is InChI=1S/C23H24N4O2/c28-22(25-14-12-21-9-5-15-29-21)11-10-19-17-27(20-7-2-1-3-8-20)26-23(19)18-6-4-13-24-16-18/h1-4,6-8,10-11,13,16-17,21H,5,9,12,14-15H2,(H,25,28)/b11-10+. The van der Waals surface area contributed by atoms with Crippen LogP contribution in [0.25, 0.3) is 23.0 Å². The van der Waals surface area contributed by atoms with Crippen LogP contribution in [0.5, 0.6) is 0 Å². The smallest absolute Gasteiger partial charge is 0.244 e. The molecule has 3 aromatic rings. The summed E-state index contributed by atoms with van der Waals surface area (Å²) in [6.07, 6.45) is 12.1. The van der Waals surface area contributed by atoms with Crippen molar-refractivity contribution >= 4 is 12.0 Å².